The average molecular weight is 294 g/mol. The summed E-state index contributed by atoms with van der Waals surface area (Å²) in [5.41, 5.74) is 0. The number of carbonyl (C=O) groups is 1. The van der Waals surface area contributed by atoms with Crippen LogP contribution in [-0.2, 0) is 9.53 Å². The Morgan fingerprint density at radius 3 is 1.90 bits per heavy atom. The first-order valence-corrected chi connectivity index (χ1v) is 7.60. The molecule has 0 radical (unpaired) electrons. The summed E-state index contributed by atoms with van der Waals surface area (Å²) >= 11 is 0. The van der Waals surface area contributed by atoms with E-state index in [1.165, 1.54) is 0 Å². The van der Waals surface area contributed by atoms with Crippen molar-refractivity contribution in [2.45, 2.75) is 83.7 Å². The van der Waals surface area contributed by atoms with Gasteiger partial charge in [0.25, 0.3) is 0 Å². The third-order valence-corrected chi connectivity index (χ3v) is 3.04. The SMILES string of the molecule is CC(C)OC(=O)C(F)(F)CCCCCCCCCCO. The number of esters is 1. The van der Waals surface area contributed by atoms with Crippen LogP contribution in [0.25, 0.3) is 0 Å². The molecule has 0 rings (SSSR count). The van der Waals surface area contributed by atoms with Crippen molar-refractivity contribution in [3.05, 3.63) is 0 Å². The van der Waals surface area contributed by atoms with Gasteiger partial charge in [0.05, 0.1) is 6.10 Å². The molecule has 0 saturated carbocycles. The van der Waals surface area contributed by atoms with E-state index in [1.54, 1.807) is 13.8 Å². The highest BCUT2D eigenvalue weighted by atomic mass is 19.3. The molecule has 1 N–H and O–H groups in total. The van der Waals surface area contributed by atoms with Crippen LogP contribution in [0, 0.1) is 0 Å². The van der Waals surface area contributed by atoms with Gasteiger partial charge >= 0.3 is 11.9 Å². The lowest BCUT2D eigenvalue weighted by molar-refractivity contribution is -0.177. The van der Waals surface area contributed by atoms with E-state index in [1.807, 2.05) is 0 Å². The Labute approximate surface area is 120 Å². The Balaban J connectivity index is 3.55. The van der Waals surface area contributed by atoms with Crippen molar-refractivity contribution in [1.82, 2.24) is 0 Å². The number of rotatable bonds is 12. The van der Waals surface area contributed by atoms with E-state index >= 15 is 0 Å². The third-order valence-electron chi connectivity index (χ3n) is 3.04. The van der Waals surface area contributed by atoms with Gasteiger partial charge in [-0.2, -0.15) is 8.78 Å². The Kier molecular flexibility index (Phi) is 10.6. The Bertz CT molecular complexity index is 256. The number of unbranched alkanes of at least 4 members (excludes halogenated alkanes) is 7. The van der Waals surface area contributed by atoms with Crippen LogP contribution in [0.5, 0.6) is 0 Å². The summed E-state index contributed by atoms with van der Waals surface area (Å²) in [6.45, 7) is 3.36. The molecular formula is C15H28F2O3. The Morgan fingerprint density at radius 2 is 1.45 bits per heavy atom. The highest BCUT2D eigenvalue weighted by Gasteiger charge is 2.40. The van der Waals surface area contributed by atoms with Crippen LogP contribution >= 0.6 is 0 Å². The molecule has 0 atom stereocenters. The molecule has 0 spiro atoms. The van der Waals surface area contributed by atoms with Gasteiger partial charge in [-0.15, -0.1) is 0 Å². The lowest BCUT2D eigenvalue weighted by Crippen LogP contribution is -2.32. The van der Waals surface area contributed by atoms with Gasteiger partial charge in [0.15, 0.2) is 0 Å². The summed E-state index contributed by atoms with van der Waals surface area (Å²) in [4.78, 5) is 11.1. The van der Waals surface area contributed by atoms with Gasteiger partial charge in [-0.3, -0.25) is 0 Å². The zero-order valence-corrected chi connectivity index (χ0v) is 12.7. The second-order valence-electron chi connectivity index (χ2n) is 5.46. The van der Waals surface area contributed by atoms with E-state index in [4.69, 9.17) is 5.11 Å². The lowest BCUT2D eigenvalue weighted by atomic mass is 10.1. The van der Waals surface area contributed by atoms with Crippen LogP contribution in [-0.4, -0.2) is 29.7 Å². The lowest BCUT2D eigenvalue weighted by Gasteiger charge is -2.16. The van der Waals surface area contributed by atoms with E-state index in [0.717, 1.165) is 38.5 Å². The normalized spacial score (nSPS) is 11.9. The van der Waals surface area contributed by atoms with Gasteiger partial charge in [0, 0.05) is 13.0 Å². The minimum absolute atomic E-state index is 0.238. The molecule has 0 aliphatic rings. The molecule has 0 bridgehead atoms. The van der Waals surface area contributed by atoms with Crippen molar-refractivity contribution in [3.63, 3.8) is 0 Å². The number of aliphatic hydroxyl groups is 1. The molecule has 0 aromatic carbocycles. The smallest absolute Gasteiger partial charge is 0.377 e. The molecule has 120 valence electrons. The van der Waals surface area contributed by atoms with Crippen molar-refractivity contribution in [1.29, 1.82) is 0 Å². The monoisotopic (exact) mass is 294 g/mol. The first-order chi connectivity index (χ1) is 9.40. The summed E-state index contributed by atoms with van der Waals surface area (Å²) in [6, 6.07) is 0. The number of ether oxygens (including phenoxy) is 1. The number of alkyl halides is 2. The zero-order chi connectivity index (χ0) is 15.4. The molecule has 0 aromatic heterocycles. The van der Waals surface area contributed by atoms with Gasteiger partial charge in [0.2, 0.25) is 0 Å². The predicted molar refractivity (Wildman–Crippen MR) is 74.8 cm³/mol. The van der Waals surface area contributed by atoms with Crippen molar-refractivity contribution < 1.29 is 23.4 Å². The number of aliphatic hydroxyl groups excluding tert-OH is 1. The van der Waals surface area contributed by atoms with Gasteiger partial charge in [0.1, 0.15) is 0 Å². The van der Waals surface area contributed by atoms with Crippen LogP contribution in [0.3, 0.4) is 0 Å². The van der Waals surface area contributed by atoms with Crippen LogP contribution in [0.2, 0.25) is 0 Å². The van der Waals surface area contributed by atoms with E-state index in [9.17, 15) is 13.6 Å². The second kappa shape index (κ2) is 11.0. The first-order valence-electron chi connectivity index (χ1n) is 7.60. The van der Waals surface area contributed by atoms with Gasteiger partial charge < -0.3 is 9.84 Å². The van der Waals surface area contributed by atoms with Crippen LogP contribution in [0.4, 0.5) is 8.78 Å². The number of hydrogen-bond acceptors (Lipinski definition) is 3. The number of hydrogen-bond donors (Lipinski definition) is 1. The molecule has 0 unspecified atom stereocenters. The minimum Gasteiger partial charge on any atom is -0.459 e. The molecule has 0 saturated heterocycles. The molecule has 0 fully saturated rings. The fourth-order valence-corrected chi connectivity index (χ4v) is 1.92. The standard InChI is InChI=1S/C15H28F2O3/c1-13(2)20-14(19)15(16,17)11-9-7-5-3-4-6-8-10-12-18/h13,18H,3-12H2,1-2H3. The van der Waals surface area contributed by atoms with Gasteiger partial charge in [-0.1, -0.05) is 38.5 Å². The third kappa shape index (κ3) is 10.1. The average Bonchev–Trinajstić information content (AvgIpc) is 2.36. The molecular weight excluding hydrogens is 266 g/mol. The topological polar surface area (TPSA) is 46.5 Å². The summed E-state index contributed by atoms with van der Waals surface area (Å²) < 4.78 is 31.3. The van der Waals surface area contributed by atoms with E-state index in [-0.39, 0.29) is 6.61 Å². The van der Waals surface area contributed by atoms with Crippen molar-refractivity contribution >= 4 is 5.97 Å². The molecule has 20 heavy (non-hydrogen) atoms. The zero-order valence-electron chi connectivity index (χ0n) is 12.7. The fourth-order valence-electron chi connectivity index (χ4n) is 1.92. The molecule has 3 nitrogen and oxygen atoms in total. The summed E-state index contributed by atoms with van der Waals surface area (Å²) in [5, 5.41) is 8.61. The fraction of sp³-hybridized carbons (Fsp3) is 0.933. The van der Waals surface area contributed by atoms with E-state index in [2.05, 4.69) is 4.74 Å². The predicted octanol–water partition coefficient (Wildman–Crippen LogP) is 4.08. The maximum Gasteiger partial charge on any atom is 0.377 e. The minimum atomic E-state index is -3.36. The van der Waals surface area contributed by atoms with Crippen molar-refractivity contribution in [2.24, 2.45) is 0 Å². The molecule has 0 heterocycles. The summed E-state index contributed by atoms with van der Waals surface area (Å²) in [6.07, 6.45) is 6.07. The van der Waals surface area contributed by atoms with Gasteiger partial charge in [-0.05, 0) is 26.7 Å². The number of halogens is 2. The highest BCUT2D eigenvalue weighted by Crippen LogP contribution is 2.24. The van der Waals surface area contributed by atoms with Crippen LogP contribution < -0.4 is 0 Å². The largest absolute Gasteiger partial charge is 0.459 e. The van der Waals surface area contributed by atoms with Crippen molar-refractivity contribution in [3.8, 4) is 0 Å². The Morgan fingerprint density at radius 1 is 1.00 bits per heavy atom. The molecule has 5 heteroatoms. The van der Waals surface area contributed by atoms with Crippen LogP contribution in [0.15, 0.2) is 0 Å². The molecule has 0 aromatic rings. The van der Waals surface area contributed by atoms with Crippen molar-refractivity contribution in [2.75, 3.05) is 6.61 Å². The van der Waals surface area contributed by atoms with Crippen LogP contribution in [0.1, 0.15) is 71.6 Å². The molecule has 0 aliphatic carbocycles. The quantitative estimate of drug-likeness (QED) is 0.436. The van der Waals surface area contributed by atoms with E-state index in [0.29, 0.717) is 12.8 Å². The second-order valence-corrected chi connectivity index (χ2v) is 5.46. The first kappa shape index (κ1) is 19.3. The molecule has 0 amide bonds. The van der Waals surface area contributed by atoms with E-state index < -0.39 is 24.4 Å². The summed E-state index contributed by atoms with van der Waals surface area (Å²) in [7, 11) is 0. The maximum atomic E-state index is 13.4. The number of carbonyl (C=O) groups excluding carboxylic acids is 1. The van der Waals surface area contributed by atoms with Gasteiger partial charge in [-0.25, -0.2) is 4.79 Å². The molecule has 0 aliphatic heterocycles. The summed E-state index contributed by atoms with van der Waals surface area (Å²) in [5.74, 6) is -4.76. The highest BCUT2D eigenvalue weighted by molar-refractivity contribution is 5.77. The maximum absolute atomic E-state index is 13.4. The Hall–Kier alpha value is -0.710.